The molecule has 0 bridgehead atoms. The lowest BCUT2D eigenvalue weighted by Gasteiger charge is -2.06. The highest BCUT2D eigenvalue weighted by molar-refractivity contribution is 7.12. The number of thiophene rings is 1. The van der Waals surface area contributed by atoms with E-state index in [0.29, 0.717) is 22.8 Å². The molecule has 0 radical (unpaired) electrons. The zero-order chi connectivity index (χ0) is 14.8. The third kappa shape index (κ3) is 2.40. The molecule has 0 saturated heterocycles. The van der Waals surface area contributed by atoms with Crippen molar-refractivity contribution in [2.24, 2.45) is 0 Å². The molecule has 0 aliphatic heterocycles. The van der Waals surface area contributed by atoms with E-state index in [1.54, 1.807) is 19.4 Å². The van der Waals surface area contributed by atoms with E-state index in [2.05, 4.69) is 4.98 Å². The lowest BCUT2D eigenvalue weighted by atomic mass is 10.1. The molecule has 0 spiro atoms. The summed E-state index contributed by atoms with van der Waals surface area (Å²) in [4.78, 5) is 16.5. The number of fused-ring (bicyclic) bond motifs is 1. The van der Waals surface area contributed by atoms with Gasteiger partial charge in [0.2, 0.25) is 5.78 Å². The molecule has 0 aliphatic carbocycles. The number of carbonyl (C=O) groups excluding carboxylic acids is 1. The molecule has 0 unspecified atom stereocenters. The van der Waals surface area contributed by atoms with Gasteiger partial charge in [-0.2, -0.15) is 0 Å². The van der Waals surface area contributed by atoms with E-state index in [1.165, 1.54) is 11.3 Å². The van der Waals surface area contributed by atoms with Gasteiger partial charge < -0.3 is 14.5 Å². The molecule has 5 heteroatoms. The molecular weight excluding hydrogens is 286 g/mol. The molecule has 0 amide bonds. The summed E-state index contributed by atoms with van der Waals surface area (Å²) in [5.41, 5.74) is 1.52. The van der Waals surface area contributed by atoms with Crippen molar-refractivity contribution in [3.05, 3.63) is 46.3 Å². The number of benzene rings is 1. The first-order valence-corrected chi connectivity index (χ1v) is 7.52. The Morgan fingerprint density at radius 2 is 2.24 bits per heavy atom. The monoisotopic (exact) mass is 301 g/mol. The molecule has 1 N–H and O–H groups in total. The Kier molecular flexibility index (Phi) is 3.66. The van der Waals surface area contributed by atoms with Crippen LogP contribution in [0.4, 0.5) is 0 Å². The van der Waals surface area contributed by atoms with Crippen LogP contribution in [0.5, 0.6) is 11.5 Å². The summed E-state index contributed by atoms with van der Waals surface area (Å²) in [6.07, 6.45) is 1.74. The van der Waals surface area contributed by atoms with Crippen molar-refractivity contribution in [2.45, 2.75) is 6.92 Å². The smallest absolute Gasteiger partial charge is 0.205 e. The normalized spacial score (nSPS) is 10.8. The maximum atomic E-state index is 12.7. The highest BCUT2D eigenvalue weighted by Gasteiger charge is 2.19. The van der Waals surface area contributed by atoms with Crippen LogP contribution in [-0.2, 0) is 0 Å². The van der Waals surface area contributed by atoms with Gasteiger partial charge in [0.05, 0.1) is 29.5 Å². The van der Waals surface area contributed by atoms with Crippen LogP contribution in [0.2, 0.25) is 0 Å². The Bertz CT molecular complexity index is 788. The Labute approximate surface area is 126 Å². The molecule has 4 nitrogen and oxygen atoms in total. The number of ether oxygens (including phenoxy) is 2. The predicted octanol–water partition coefficient (Wildman–Crippen LogP) is 3.87. The molecular formula is C16H15NO3S. The van der Waals surface area contributed by atoms with Crippen molar-refractivity contribution in [3.63, 3.8) is 0 Å². The molecule has 108 valence electrons. The van der Waals surface area contributed by atoms with Gasteiger partial charge >= 0.3 is 0 Å². The van der Waals surface area contributed by atoms with Crippen molar-refractivity contribution >= 4 is 28.0 Å². The number of nitrogens with one attached hydrogen (secondary N) is 1. The zero-order valence-corrected chi connectivity index (χ0v) is 12.6. The second-order valence-electron chi connectivity index (χ2n) is 4.49. The van der Waals surface area contributed by atoms with E-state index in [0.717, 1.165) is 16.7 Å². The second-order valence-corrected chi connectivity index (χ2v) is 5.41. The lowest BCUT2D eigenvalue weighted by Crippen LogP contribution is -1.99. The van der Waals surface area contributed by atoms with Crippen LogP contribution in [0.15, 0.2) is 35.8 Å². The number of aromatic nitrogens is 1. The van der Waals surface area contributed by atoms with Crippen molar-refractivity contribution in [1.82, 2.24) is 4.98 Å². The first kappa shape index (κ1) is 13.7. The van der Waals surface area contributed by atoms with E-state index >= 15 is 0 Å². The fourth-order valence-corrected chi connectivity index (χ4v) is 3.09. The van der Waals surface area contributed by atoms with Gasteiger partial charge in [0.25, 0.3) is 0 Å². The van der Waals surface area contributed by atoms with Gasteiger partial charge in [0.1, 0.15) is 11.5 Å². The number of hydrogen-bond donors (Lipinski definition) is 1. The topological polar surface area (TPSA) is 51.3 Å². The van der Waals surface area contributed by atoms with Crippen LogP contribution in [0, 0.1) is 0 Å². The summed E-state index contributed by atoms with van der Waals surface area (Å²) in [5.74, 6) is 1.40. The summed E-state index contributed by atoms with van der Waals surface area (Å²) >= 11 is 1.38. The molecule has 0 atom stereocenters. The number of carbonyl (C=O) groups is 1. The van der Waals surface area contributed by atoms with Crippen LogP contribution in [0.1, 0.15) is 22.2 Å². The van der Waals surface area contributed by atoms with Crippen molar-refractivity contribution in [3.8, 4) is 11.5 Å². The minimum atomic E-state index is -0.0262. The molecule has 0 fully saturated rings. The maximum Gasteiger partial charge on any atom is 0.205 e. The number of methoxy groups -OCH3 is 1. The third-order valence-electron chi connectivity index (χ3n) is 3.25. The molecule has 0 saturated carbocycles. The van der Waals surface area contributed by atoms with Gasteiger partial charge in [0.15, 0.2) is 0 Å². The standard InChI is InChI=1S/C16H15NO3S/c1-3-20-13-6-4-5-12-15(13)11(8-17-12)16(18)14-7-10(19-2)9-21-14/h4-9,17H,3H2,1-2H3. The SMILES string of the molecule is CCOc1cccc2[nH]cc(C(=O)c3cc(OC)cs3)c12. The number of ketones is 1. The first-order chi connectivity index (χ1) is 10.2. The average molecular weight is 301 g/mol. The van der Waals surface area contributed by atoms with Crippen LogP contribution in [0.3, 0.4) is 0 Å². The second kappa shape index (κ2) is 5.61. The molecule has 3 aromatic rings. The molecule has 2 aromatic heterocycles. The lowest BCUT2D eigenvalue weighted by molar-refractivity contribution is 0.104. The molecule has 1 aromatic carbocycles. The Hall–Kier alpha value is -2.27. The Morgan fingerprint density at radius 1 is 1.38 bits per heavy atom. The largest absolute Gasteiger partial charge is 0.496 e. The number of hydrogen-bond acceptors (Lipinski definition) is 4. The molecule has 21 heavy (non-hydrogen) atoms. The minimum Gasteiger partial charge on any atom is -0.496 e. The van der Waals surface area contributed by atoms with Crippen molar-refractivity contribution in [2.75, 3.05) is 13.7 Å². The molecule has 2 heterocycles. The van der Waals surface area contributed by atoms with Crippen LogP contribution in [0.25, 0.3) is 10.9 Å². The van der Waals surface area contributed by atoms with E-state index in [-0.39, 0.29) is 5.78 Å². The van der Waals surface area contributed by atoms with E-state index in [1.807, 2.05) is 30.5 Å². The first-order valence-electron chi connectivity index (χ1n) is 6.64. The highest BCUT2D eigenvalue weighted by atomic mass is 32.1. The van der Waals surface area contributed by atoms with Gasteiger partial charge in [0, 0.05) is 23.2 Å². The van der Waals surface area contributed by atoms with Crippen LogP contribution >= 0.6 is 11.3 Å². The summed E-state index contributed by atoms with van der Waals surface area (Å²) in [7, 11) is 1.59. The molecule has 0 aliphatic rings. The summed E-state index contributed by atoms with van der Waals surface area (Å²) < 4.78 is 10.8. The average Bonchev–Trinajstić information content (AvgIpc) is 3.14. The van der Waals surface area contributed by atoms with Gasteiger partial charge in [-0.25, -0.2) is 0 Å². The van der Waals surface area contributed by atoms with Gasteiger partial charge in [-0.1, -0.05) is 6.07 Å². The number of rotatable bonds is 5. The van der Waals surface area contributed by atoms with Crippen LogP contribution < -0.4 is 9.47 Å². The van der Waals surface area contributed by atoms with Gasteiger partial charge in [-0.3, -0.25) is 4.79 Å². The fraction of sp³-hybridized carbons (Fsp3) is 0.188. The van der Waals surface area contributed by atoms with Crippen LogP contribution in [-0.4, -0.2) is 24.5 Å². The van der Waals surface area contributed by atoms with Gasteiger partial charge in [-0.05, 0) is 19.1 Å². The van der Waals surface area contributed by atoms with E-state index in [4.69, 9.17) is 9.47 Å². The zero-order valence-electron chi connectivity index (χ0n) is 11.8. The van der Waals surface area contributed by atoms with E-state index in [9.17, 15) is 4.79 Å². The Morgan fingerprint density at radius 3 is 2.95 bits per heavy atom. The third-order valence-corrected chi connectivity index (χ3v) is 4.15. The van der Waals surface area contributed by atoms with Gasteiger partial charge in [-0.15, -0.1) is 11.3 Å². The van der Waals surface area contributed by atoms with E-state index < -0.39 is 0 Å². The molecule has 3 rings (SSSR count). The summed E-state index contributed by atoms with van der Waals surface area (Å²) in [5, 5.41) is 2.66. The Balaban J connectivity index is 2.09. The quantitative estimate of drug-likeness (QED) is 0.728. The number of H-pyrrole nitrogens is 1. The van der Waals surface area contributed by atoms with Crippen molar-refractivity contribution in [1.29, 1.82) is 0 Å². The summed E-state index contributed by atoms with van der Waals surface area (Å²) in [6, 6.07) is 7.48. The predicted molar refractivity (Wildman–Crippen MR) is 83.8 cm³/mol. The minimum absolute atomic E-state index is 0.0262. The highest BCUT2D eigenvalue weighted by Crippen LogP contribution is 2.32. The summed E-state index contributed by atoms with van der Waals surface area (Å²) in [6.45, 7) is 2.49. The number of aromatic amines is 1. The van der Waals surface area contributed by atoms with Crippen molar-refractivity contribution < 1.29 is 14.3 Å². The maximum absolute atomic E-state index is 12.7. The fourth-order valence-electron chi connectivity index (χ4n) is 2.28.